The van der Waals surface area contributed by atoms with Gasteiger partial charge >= 0.3 is 0 Å². The lowest BCUT2D eigenvalue weighted by molar-refractivity contribution is 0.579. The molecule has 3 rings (SSSR count). The smallest absolute Gasteiger partial charge is 0.159 e. The molecule has 84 valence electrons. The van der Waals surface area contributed by atoms with Crippen molar-refractivity contribution in [2.24, 2.45) is 0 Å². The summed E-state index contributed by atoms with van der Waals surface area (Å²) in [6.45, 7) is 2.35. The molecular formula is C12H14N2S2. The highest BCUT2D eigenvalue weighted by Crippen LogP contribution is 2.30. The molecule has 2 heterocycles. The first-order valence-electron chi connectivity index (χ1n) is 5.71. The second-order valence-electron chi connectivity index (χ2n) is 4.21. The summed E-state index contributed by atoms with van der Waals surface area (Å²) in [4.78, 5) is 5.79. The molecular weight excluding hydrogens is 236 g/mol. The maximum atomic E-state index is 5.22. The van der Waals surface area contributed by atoms with E-state index >= 15 is 0 Å². The fraction of sp³-hybridized carbons (Fsp3) is 0.417. The lowest BCUT2D eigenvalue weighted by Crippen LogP contribution is -2.29. The summed E-state index contributed by atoms with van der Waals surface area (Å²) in [6.07, 6.45) is 3.98. The Kier molecular flexibility index (Phi) is 2.69. The Hall–Kier alpha value is -0.870. The molecule has 1 aliphatic heterocycles. The summed E-state index contributed by atoms with van der Waals surface area (Å²) in [5.74, 6) is 0. The molecule has 1 aromatic heterocycles. The molecule has 1 aromatic carbocycles. The van der Waals surface area contributed by atoms with Crippen molar-refractivity contribution in [2.75, 3.05) is 18.0 Å². The predicted octanol–water partition coefficient (Wildman–Crippen LogP) is 3.95. The van der Waals surface area contributed by atoms with Crippen LogP contribution < -0.4 is 4.90 Å². The number of rotatable bonds is 1. The second-order valence-corrected chi connectivity index (χ2v) is 5.93. The summed E-state index contributed by atoms with van der Waals surface area (Å²) >= 11 is 6.88. The zero-order valence-electron chi connectivity index (χ0n) is 9.03. The number of nitrogens with one attached hydrogen (secondary N) is 1. The lowest BCUT2D eigenvalue weighted by atomic mass is 10.1. The van der Waals surface area contributed by atoms with E-state index in [4.69, 9.17) is 12.2 Å². The summed E-state index contributed by atoms with van der Waals surface area (Å²) in [6, 6.07) is 6.47. The van der Waals surface area contributed by atoms with Crippen molar-refractivity contribution >= 4 is 39.5 Å². The number of benzene rings is 1. The van der Waals surface area contributed by atoms with Crippen LogP contribution in [0.15, 0.2) is 18.2 Å². The molecule has 2 aromatic rings. The van der Waals surface area contributed by atoms with Gasteiger partial charge in [-0.1, -0.05) is 6.07 Å². The number of anilines is 1. The molecule has 0 unspecified atom stereocenters. The molecule has 2 nitrogen and oxygen atoms in total. The summed E-state index contributed by atoms with van der Waals surface area (Å²) in [5, 5.41) is 0. The van der Waals surface area contributed by atoms with E-state index in [2.05, 4.69) is 28.1 Å². The molecule has 0 spiro atoms. The highest BCUT2D eigenvalue weighted by molar-refractivity contribution is 7.73. The minimum atomic E-state index is 0.874. The van der Waals surface area contributed by atoms with Crippen molar-refractivity contribution in [1.29, 1.82) is 0 Å². The van der Waals surface area contributed by atoms with Crippen LogP contribution in [0.4, 0.5) is 5.69 Å². The maximum absolute atomic E-state index is 5.22. The van der Waals surface area contributed by atoms with Crippen LogP contribution in [0, 0.1) is 3.95 Å². The van der Waals surface area contributed by atoms with Gasteiger partial charge in [0.2, 0.25) is 0 Å². The molecule has 1 saturated heterocycles. The van der Waals surface area contributed by atoms with E-state index in [1.807, 2.05) is 0 Å². The molecule has 1 fully saturated rings. The number of nitrogens with zero attached hydrogens (tertiary/aromatic N) is 1. The van der Waals surface area contributed by atoms with E-state index < -0.39 is 0 Å². The summed E-state index contributed by atoms with van der Waals surface area (Å²) in [5.41, 5.74) is 2.55. The third kappa shape index (κ3) is 1.76. The van der Waals surface area contributed by atoms with Gasteiger partial charge in [-0.25, -0.2) is 0 Å². The molecule has 1 N–H and O–H groups in total. The van der Waals surface area contributed by atoms with Gasteiger partial charge in [-0.05, 0) is 43.6 Å². The third-order valence-corrected chi connectivity index (χ3v) is 4.33. The Morgan fingerprint density at radius 3 is 2.81 bits per heavy atom. The van der Waals surface area contributed by atoms with Gasteiger partial charge in [-0.2, -0.15) is 0 Å². The molecule has 16 heavy (non-hydrogen) atoms. The summed E-state index contributed by atoms with van der Waals surface area (Å²) in [7, 11) is 0. The van der Waals surface area contributed by atoms with Crippen molar-refractivity contribution in [3.05, 3.63) is 22.2 Å². The monoisotopic (exact) mass is 250 g/mol. The van der Waals surface area contributed by atoms with Gasteiger partial charge in [0.1, 0.15) is 0 Å². The molecule has 4 heteroatoms. The Bertz CT molecular complexity index is 549. The fourth-order valence-corrected chi connectivity index (χ4v) is 3.48. The van der Waals surface area contributed by atoms with E-state index in [-0.39, 0.29) is 0 Å². The van der Waals surface area contributed by atoms with Crippen molar-refractivity contribution < 1.29 is 0 Å². The van der Waals surface area contributed by atoms with Crippen LogP contribution in [0.5, 0.6) is 0 Å². The van der Waals surface area contributed by atoms with E-state index in [1.54, 1.807) is 11.3 Å². The van der Waals surface area contributed by atoms with Crippen LogP contribution >= 0.6 is 23.6 Å². The Balaban J connectivity index is 2.11. The average Bonchev–Trinajstić information content (AvgIpc) is 2.70. The van der Waals surface area contributed by atoms with Crippen molar-refractivity contribution in [1.82, 2.24) is 4.98 Å². The third-order valence-electron chi connectivity index (χ3n) is 3.13. The standard InChI is InChI=1S/C12H14N2S2/c15-12-13-11-9(5-4-6-10(11)16-12)14-7-2-1-3-8-14/h4-6H,1-3,7-8H2,(H,13,15). The van der Waals surface area contributed by atoms with Gasteiger partial charge in [0, 0.05) is 13.1 Å². The lowest BCUT2D eigenvalue weighted by Gasteiger charge is -2.29. The van der Waals surface area contributed by atoms with Gasteiger partial charge in [0.15, 0.2) is 3.95 Å². The fourth-order valence-electron chi connectivity index (χ4n) is 2.36. The molecule has 0 atom stereocenters. The highest BCUT2D eigenvalue weighted by Gasteiger charge is 2.14. The van der Waals surface area contributed by atoms with Gasteiger partial charge in [-0.15, -0.1) is 11.3 Å². The molecule has 1 aliphatic rings. The number of para-hydroxylation sites is 1. The predicted molar refractivity (Wildman–Crippen MR) is 73.1 cm³/mol. The van der Waals surface area contributed by atoms with Crippen LogP contribution in [0.25, 0.3) is 10.2 Å². The number of hydrogen-bond acceptors (Lipinski definition) is 3. The topological polar surface area (TPSA) is 19.0 Å². The van der Waals surface area contributed by atoms with Gasteiger partial charge in [0.25, 0.3) is 0 Å². The van der Waals surface area contributed by atoms with Gasteiger partial charge in [0.05, 0.1) is 15.9 Å². The zero-order chi connectivity index (χ0) is 11.0. The van der Waals surface area contributed by atoms with E-state index in [1.165, 1.54) is 48.3 Å². The minimum absolute atomic E-state index is 0.874. The molecule has 0 amide bonds. The molecule has 0 saturated carbocycles. The Labute approximate surface area is 104 Å². The van der Waals surface area contributed by atoms with E-state index in [0.717, 1.165) is 3.95 Å². The van der Waals surface area contributed by atoms with Gasteiger partial charge < -0.3 is 9.88 Å². The van der Waals surface area contributed by atoms with E-state index in [0.29, 0.717) is 0 Å². The van der Waals surface area contributed by atoms with Crippen molar-refractivity contribution in [3.8, 4) is 0 Å². The zero-order valence-corrected chi connectivity index (χ0v) is 10.7. The number of aromatic amines is 1. The molecule has 0 radical (unpaired) electrons. The number of piperidine rings is 1. The highest BCUT2D eigenvalue weighted by atomic mass is 32.1. The first-order chi connectivity index (χ1) is 7.84. The van der Waals surface area contributed by atoms with Crippen LogP contribution in [0.1, 0.15) is 19.3 Å². The molecule has 0 bridgehead atoms. The van der Waals surface area contributed by atoms with Crippen LogP contribution in [-0.4, -0.2) is 18.1 Å². The first-order valence-corrected chi connectivity index (χ1v) is 6.94. The second kappa shape index (κ2) is 4.18. The van der Waals surface area contributed by atoms with Crippen LogP contribution in [0.3, 0.4) is 0 Å². The minimum Gasteiger partial charge on any atom is -0.370 e. The molecule has 0 aliphatic carbocycles. The maximum Gasteiger partial charge on any atom is 0.159 e. The number of aromatic nitrogens is 1. The summed E-state index contributed by atoms with van der Waals surface area (Å²) < 4.78 is 2.15. The number of hydrogen-bond donors (Lipinski definition) is 1. The normalized spacial score (nSPS) is 16.9. The average molecular weight is 250 g/mol. The van der Waals surface area contributed by atoms with Crippen LogP contribution in [-0.2, 0) is 0 Å². The van der Waals surface area contributed by atoms with Gasteiger partial charge in [-0.3, -0.25) is 0 Å². The first kappa shape index (κ1) is 10.3. The number of thiazole rings is 1. The number of fused-ring (bicyclic) bond motifs is 1. The van der Waals surface area contributed by atoms with Crippen LogP contribution in [0.2, 0.25) is 0 Å². The van der Waals surface area contributed by atoms with Crippen molar-refractivity contribution in [3.63, 3.8) is 0 Å². The Morgan fingerprint density at radius 1 is 1.19 bits per heavy atom. The van der Waals surface area contributed by atoms with Crippen molar-refractivity contribution in [2.45, 2.75) is 19.3 Å². The number of H-pyrrole nitrogens is 1. The Morgan fingerprint density at radius 2 is 2.00 bits per heavy atom. The quantitative estimate of drug-likeness (QED) is 0.773. The SMILES string of the molecule is S=c1[nH]c2c(N3CCCCC3)cccc2s1. The van der Waals surface area contributed by atoms with E-state index in [9.17, 15) is 0 Å². The largest absolute Gasteiger partial charge is 0.370 e.